The number of azide groups is 1. The molecule has 244 valence electrons. The molecule has 16 heteroatoms. The predicted molar refractivity (Wildman–Crippen MR) is 165 cm³/mol. The van der Waals surface area contributed by atoms with Crippen LogP contribution in [0.5, 0.6) is 0 Å². The molecule has 4 rings (SSSR count). The standard InChI is InChI=1S/C29H39BrN8O7/c1-5-44-26(42)29-14-17(29)11-9-7-6-8-10-12-19(33-27(43)45-28(2,3)4)24(40)37-16-18(13-21(37)23(39)34-29)38-25(41)22(30)20(15-32-38)35-36-31/h9,11,15,17-19,21H,5-8,10,12-14,16H2,1-4H3,(H,33,43)(H,34,39)/t17-,18-,19+,21+,29-/m1/s1. The number of nitrogens with one attached hydrogen (secondary N) is 2. The zero-order valence-electron chi connectivity index (χ0n) is 25.8. The van der Waals surface area contributed by atoms with E-state index in [0.717, 1.165) is 23.9 Å². The third-order valence-corrected chi connectivity index (χ3v) is 8.76. The van der Waals surface area contributed by atoms with Gasteiger partial charge in [-0.1, -0.05) is 30.1 Å². The van der Waals surface area contributed by atoms with Crippen LogP contribution in [0.4, 0.5) is 10.5 Å². The molecule has 0 unspecified atom stereocenters. The van der Waals surface area contributed by atoms with Crippen molar-refractivity contribution in [3.8, 4) is 0 Å². The second-order valence-corrected chi connectivity index (χ2v) is 13.2. The van der Waals surface area contributed by atoms with E-state index >= 15 is 0 Å². The highest BCUT2D eigenvalue weighted by molar-refractivity contribution is 9.10. The highest BCUT2D eigenvalue weighted by atomic mass is 79.9. The van der Waals surface area contributed by atoms with Gasteiger partial charge in [0.15, 0.2) is 0 Å². The molecule has 45 heavy (non-hydrogen) atoms. The molecule has 1 saturated heterocycles. The fraction of sp³-hybridized carbons (Fsp3) is 0.655. The van der Waals surface area contributed by atoms with Gasteiger partial charge in [0.05, 0.1) is 29.0 Å². The van der Waals surface area contributed by atoms with E-state index in [1.807, 2.05) is 12.2 Å². The number of rotatable bonds is 5. The molecule has 2 fully saturated rings. The van der Waals surface area contributed by atoms with Crippen molar-refractivity contribution in [2.75, 3.05) is 13.2 Å². The van der Waals surface area contributed by atoms with Gasteiger partial charge in [-0.25, -0.2) is 14.3 Å². The van der Waals surface area contributed by atoms with Crippen molar-refractivity contribution in [2.24, 2.45) is 11.0 Å². The lowest BCUT2D eigenvalue weighted by Crippen LogP contribution is -2.56. The van der Waals surface area contributed by atoms with Gasteiger partial charge in [-0.05, 0) is 74.8 Å². The first-order valence-electron chi connectivity index (χ1n) is 15.1. The molecule has 3 heterocycles. The van der Waals surface area contributed by atoms with E-state index < -0.39 is 58.7 Å². The highest BCUT2D eigenvalue weighted by Gasteiger charge is 2.62. The molecule has 1 saturated carbocycles. The Morgan fingerprint density at radius 2 is 2.02 bits per heavy atom. The SMILES string of the molecule is CCOC(=O)[C@@]12C[C@H]1C=CCCCCC[C@H](NC(=O)OC(C)(C)C)C(=O)N1C[C@H](n3ncc(N=[N+]=[N-])c(Br)c3=O)C[C@H]1C(=O)N2. The molecule has 0 aromatic carbocycles. The molecule has 3 aliphatic rings. The van der Waals surface area contributed by atoms with Crippen LogP contribution < -0.4 is 16.2 Å². The zero-order chi connectivity index (χ0) is 32.9. The average molecular weight is 692 g/mol. The number of hydrogen-bond donors (Lipinski definition) is 2. The third kappa shape index (κ3) is 7.85. The van der Waals surface area contributed by atoms with Gasteiger partial charge in [0.2, 0.25) is 11.8 Å². The van der Waals surface area contributed by atoms with Crippen molar-refractivity contribution < 1.29 is 28.7 Å². The lowest BCUT2D eigenvalue weighted by atomic mass is 10.0. The molecule has 15 nitrogen and oxygen atoms in total. The van der Waals surface area contributed by atoms with Crippen molar-refractivity contribution in [1.29, 1.82) is 0 Å². The topological polar surface area (TPSA) is 198 Å². The van der Waals surface area contributed by atoms with Gasteiger partial charge < -0.3 is 25.0 Å². The van der Waals surface area contributed by atoms with Crippen molar-refractivity contribution in [2.45, 2.75) is 102 Å². The van der Waals surface area contributed by atoms with Gasteiger partial charge in [0.1, 0.15) is 23.2 Å². The quantitative estimate of drug-likeness (QED) is 0.152. The van der Waals surface area contributed by atoms with Crippen LogP contribution in [0.3, 0.4) is 0 Å². The monoisotopic (exact) mass is 690 g/mol. The molecule has 2 aliphatic heterocycles. The number of alkyl carbamates (subject to hydrolysis) is 1. The molecule has 1 aromatic rings. The number of fused-ring (bicyclic) bond motifs is 2. The maximum Gasteiger partial charge on any atom is 0.408 e. The molecule has 1 aromatic heterocycles. The van der Waals surface area contributed by atoms with Crippen LogP contribution in [0.15, 0.2) is 32.7 Å². The Labute approximate surface area is 268 Å². The first-order valence-corrected chi connectivity index (χ1v) is 15.9. The molecule has 2 N–H and O–H groups in total. The number of esters is 1. The molecule has 0 bridgehead atoms. The Balaban J connectivity index is 1.71. The molecule has 3 amide bonds. The fourth-order valence-electron chi connectivity index (χ4n) is 5.77. The minimum atomic E-state index is -1.26. The second kappa shape index (κ2) is 14.0. The molecule has 1 aliphatic carbocycles. The molecule has 0 radical (unpaired) electrons. The summed E-state index contributed by atoms with van der Waals surface area (Å²) in [7, 11) is 0. The normalized spacial score (nSPS) is 27.1. The number of nitrogens with zero attached hydrogens (tertiary/aromatic N) is 6. The van der Waals surface area contributed by atoms with Crippen molar-refractivity contribution >= 4 is 45.5 Å². The van der Waals surface area contributed by atoms with Crippen LogP contribution in [0.1, 0.15) is 78.7 Å². The van der Waals surface area contributed by atoms with E-state index in [0.29, 0.717) is 19.3 Å². The Hall–Kier alpha value is -3.91. The largest absolute Gasteiger partial charge is 0.464 e. The van der Waals surface area contributed by atoms with Crippen LogP contribution >= 0.6 is 15.9 Å². The lowest BCUT2D eigenvalue weighted by molar-refractivity contribution is -0.150. The van der Waals surface area contributed by atoms with Gasteiger partial charge in [0.25, 0.3) is 5.56 Å². The highest BCUT2D eigenvalue weighted by Crippen LogP contribution is 2.46. The Morgan fingerprint density at radius 3 is 2.71 bits per heavy atom. The summed E-state index contributed by atoms with van der Waals surface area (Å²) in [5.74, 6) is -1.92. The lowest BCUT2D eigenvalue weighted by Gasteiger charge is -2.30. The first kappa shape index (κ1) is 34.0. The zero-order valence-corrected chi connectivity index (χ0v) is 27.4. The van der Waals surface area contributed by atoms with Crippen molar-refractivity contribution in [1.82, 2.24) is 25.3 Å². The van der Waals surface area contributed by atoms with Gasteiger partial charge in [-0.15, -0.1) is 0 Å². The molecular formula is C29H39BrN8O7. The minimum Gasteiger partial charge on any atom is -0.464 e. The van der Waals surface area contributed by atoms with E-state index in [2.05, 4.69) is 41.7 Å². The van der Waals surface area contributed by atoms with Crippen LogP contribution in [-0.4, -0.2) is 74.9 Å². The second-order valence-electron chi connectivity index (χ2n) is 12.4. The summed E-state index contributed by atoms with van der Waals surface area (Å²) in [5.41, 5.74) is 6.12. The van der Waals surface area contributed by atoms with Gasteiger partial charge in [-0.2, -0.15) is 5.10 Å². The number of amides is 3. The Bertz CT molecular complexity index is 1470. The van der Waals surface area contributed by atoms with Gasteiger partial charge in [-0.3, -0.25) is 14.4 Å². The molecule has 5 atom stereocenters. The van der Waals surface area contributed by atoms with Crippen LogP contribution in [0.2, 0.25) is 0 Å². The Kier molecular flexibility index (Phi) is 10.6. The number of ether oxygens (including phenoxy) is 2. The number of allylic oxidation sites excluding steroid dienone is 1. The number of halogens is 1. The van der Waals surface area contributed by atoms with E-state index in [9.17, 15) is 24.0 Å². The van der Waals surface area contributed by atoms with E-state index in [1.165, 1.54) is 11.1 Å². The summed E-state index contributed by atoms with van der Waals surface area (Å²) in [6, 6.07) is -2.86. The van der Waals surface area contributed by atoms with Gasteiger partial charge in [0, 0.05) is 23.8 Å². The summed E-state index contributed by atoms with van der Waals surface area (Å²) >= 11 is 3.16. The van der Waals surface area contributed by atoms with Gasteiger partial charge >= 0.3 is 12.1 Å². The number of hydrogen-bond acceptors (Lipinski definition) is 9. The summed E-state index contributed by atoms with van der Waals surface area (Å²) < 4.78 is 11.9. The minimum absolute atomic E-state index is 0.00362. The summed E-state index contributed by atoms with van der Waals surface area (Å²) in [5, 5.41) is 13.2. The third-order valence-electron chi connectivity index (χ3n) is 8.01. The molecule has 0 spiro atoms. The number of carbonyl (C=O) groups is 4. The average Bonchev–Trinajstić information content (AvgIpc) is 3.47. The predicted octanol–water partition coefficient (Wildman–Crippen LogP) is 3.94. The summed E-state index contributed by atoms with van der Waals surface area (Å²) in [4.78, 5) is 71.3. The summed E-state index contributed by atoms with van der Waals surface area (Å²) in [6.45, 7) is 6.88. The van der Waals surface area contributed by atoms with E-state index in [4.69, 9.17) is 15.0 Å². The van der Waals surface area contributed by atoms with Crippen LogP contribution in [0.25, 0.3) is 10.4 Å². The fourth-order valence-corrected chi connectivity index (χ4v) is 6.13. The van der Waals surface area contributed by atoms with E-state index in [-0.39, 0.29) is 35.7 Å². The smallest absolute Gasteiger partial charge is 0.408 e. The summed E-state index contributed by atoms with van der Waals surface area (Å²) in [6.07, 6.45) is 8.02. The van der Waals surface area contributed by atoms with E-state index in [1.54, 1.807) is 27.7 Å². The maximum absolute atomic E-state index is 14.2. The Morgan fingerprint density at radius 1 is 1.27 bits per heavy atom. The number of carbonyl (C=O) groups excluding carboxylic acids is 4. The number of aromatic nitrogens is 2. The molecular weight excluding hydrogens is 652 g/mol. The van der Waals surface area contributed by atoms with Crippen molar-refractivity contribution in [3.05, 3.63) is 43.6 Å². The first-order chi connectivity index (χ1) is 21.3. The van der Waals surface area contributed by atoms with Crippen LogP contribution in [-0.2, 0) is 23.9 Å². The maximum atomic E-state index is 14.2. The van der Waals surface area contributed by atoms with Crippen LogP contribution in [0, 0.1) is 5.92 Å². The van der Waals surface area contributed by atoms with Crippen molar-refractivity contribution in [3.63, 3.8) is 0 Å².